The van der Waals surface area contributed by atoms with Crippen LogP contribution in [-0.2, 0) is 11.4 Å². The van der Waals surface area contributed by atoms with Gasteiger partial charge in [0.2, 0.25) is 5.88 Å². The Hall–Kier alpha value is -1.08. The van der Waals surface area contributed by atoms with Crippen LogP contribution in [0.25, 0.3) is 11.0 Å². The van der Waals surface area contributed by atoms with Crippen LogP contribution in [0.1, 0.15) is 39.4 Å². The zero-order valence-corrected chi connectivity index (χ0v) is 14.9. The van der Waals surface area contributed by atoms with Gasteiger partial charge in [0, 0.05) is 16.4 Å². The number of benzene rings is 1. The second kappa shape index (κ2) is 6.58. The summed E-state index contributed by atoms with van der Waals surface area (Å²) in [5, 5.41) is 0.594. The monoisotopic (exact) mass is 341 g/mol. The van der Waals surface area contributed by atoms with Crippen molar-refractivity contribution in [1.29, 1.82) is 0 Å². The number of rotatable bonds is 4. The van der Waals surface area contributed by atoms with Crippen molar-refractivity contribution in [2.24, 2.45) is 0 Å². The van der Waals surface area contributed by atoms with Gasteiger partial charge in [0.15, 0.2) is 0 Å². The highest BCUT2D eigenvalue weighted by Crippen LogP contribution is 2.27. The first-order chi connectivity index (χ1) is 10.2. The fourth-order valence-electron chi connectivity index (χ4n) is 1.85. The predicted octanol–water partition coefficient (Wildman–Crippen LogP) is 3.40. The number of hydrogen-bond donors (Lipinski definition) is 1. The molecule has 0 radical (unpaired) electrons. The summed E-state index contributed by atoms with van der Waals surface area (Å²) in [5.41, 5.74) is 1.99. The number of nitrogens with one attached hydrogen (secondary N) is 1. The summed E-state index contributed by atoms with van der Waals surface area (Å²) in [7, 11) is 1.54. The molecule has 0 saturated carbocycles. The lowest BCUT2D eigenvalue weighted by Crippen LogP contribution is -2.40. The second-order valence-corrected chi connectivity index (χ2v) is 8.41. The molecule has 0 saturated heterocycles. The van der Waals surface area contributed by atoms with Crippen molar-refractivity contribution in [2.75, 3.05) is 7.11 Å². The third-order valence-corrected chi connectivity index (χ3v) is 4.98. The van der Waals surface area contributed by atoms with Crippen molar-refractivity contribution in [1.82, 2.24) is 14.7 Å². The molecule has 1 aromatic heterocycles. The van der Waals surface area contributed by atoms with E-state index < -0.39 is 11.4 Å². The van der Waals surface area contributed by atoms with Gasteiger partial charge in [0.1, 0.15) is 10.4 Å². The second-order valence-electron chi connectivity index (χ2n) is 5.97. The number of nitrogens with zero attached hydrogens (tertiary/aromatic N) is 2. The number of methoxy groups -OCH3 is 1. The van der Waals surface area contributed by atoms with Gasteiger partial charge in [-0.15, -0.1) is 4.72 Å². The highest BCUT2D eigenvalue weighted by molar-refractivity contribution is 7.90. The first kappa shape index (κ1) is 17.3. The Morgan fingerprint density at radius 3 is 2.55 bits per heavy atom. The Bertz CT molecular complexity index is 676. The maximum absolute atomic E-state index is 12.3. The molecule has 2 rings (SSSR count). The van der Waals surface area contributed by atoms with Crippen molar-refractivity contribution in [2.45, 2.75) is 38.5 Å². The van der Waals surface area contributed by atoms with Crippen molar-refractivity contribution < 1.29 is 9.29 Å². The molecule has 0 bridgehead atoms. The van der Waals surface area contributed by atoms with E-state index in [-0.39, 0.29) is 10.8 Å². The standard InChI is InChI=1S/C15H20ClN3O2S/c1-9(19-22(20)15(2,3)4)13-14(21-5)18-11-7-6-10(16)8-12(11)17-13/h6-9,19H,1-5H3/t9?,22-/m0/s1. The zero-order chi connectivity index (χ0) is 16.5. The first-order valence-corrected chi connectivity index (χ1v) is 8.44. The molecular weight excluding hydrogens is 322 g/mol. The van der Waals surface area contributed by atoms with Gasteiger partial charge in [0.05, 0.1) is 24.2 Å². The van der Waals surface area contributed by atoms with E-state index in [0.29, 0.717) is 27.6 Å². The number of hydrogen-bond acceptors (Lipinski definition) is 5. The summed E-state index contributed by atoms with van der Waals surface area (Å²) in [5.74, 6) is 0.417. The SMILES string of the molecule is COc1nc2ccc(Cl)cc2nc1C(C)N[S@@+]([O-])C(C)(C)C. The van der Waals surface area contributed by atoms with Gasteiger partial charge < -0.3 is 9.29 Å². The Morgan fingerprint density at radius 2 is 1.95 bits per heavy atom. The van der Waals surface area contributed by atoms with E-state index >= 15 is 0 Å². The number of ether oxygens (including phenoxy) is 1. The lowest BCUT2D eigenvalue weighted by atomic mass is 10.2. The molecule has 1 heterocycles. The van der Waals surface area contributed by atoms with Gasteiger partial charge in [-0.25, -0.2) is 9.97 Å². The Kier molecular flexibility index (Phi) is 5.17. The van der Waals surface area contributed by atoms with E-state index in [1.54, 1.807) is 25.3 Å². The van der Waals surface area contributed by atoms with Crippen LogP contribution in [0.4, 0.5) is 0 Å². The lowest BCUT2D eigenvalue weighted by molar-refractivity contribution is 0.386. The number of aromatic nitrogens is 2. The zero-order valence-electron chi connectivity index (χ0n) is 13.3. The van der Waals surface area contributed by atoms with E-state index in [2.05, 4.69) is 14.7 Å². The molecule has 2 atom stereocenters. The van der Waals surface area contributed by atoms with Gasteiger partial charge in [0.25, 0.3) is 0 Å². The maximum Gasteiger partial charge on any atom is 0.237 e. The summed E-state index contributed by atoms with van der Waals surface area (Å²) in [6.07, 6.45) is 0. The van der Waals surface area contributed by atoms with Crippen LogP contribution in [0.5, 0.6) is 5.88 Å². The molecule has 120 valence electrons. The highest BCUT2D eigenvalue weighted by atomic mass is 35.5. The molecule has 0 fully saturated rings. The molecule has 0 amide bonds. The van der Waals surface area contributed by atoms with E-state index in [0.717, 1.165) is 0 Å². The van der Waals surface area contributed by atoms with Gasteiger partial charge in [-0.3, -0.25) is 0 Å². The van der Waals surface area contributed by atoms with Crippen LogP contribution in [-0.4, -0.2) is 26.4 Å². The van der Waals surface area contributed by atoms with Crippen LogP contribution >= 0.6 is 11.6 Å². The Morgan fingerprint density at radius 1 is 1.27 bits per heavy atom. The topological polar surface area (TPSA) is 70.1 Å². The smallest absolute Gasteiger partial charge is 0.237 e. The molecule has 22 heavy (non-hydrogen) atoms. The minimum absolute atomic E-state index is 0.272. The van der Waals surface area contributed by atoms with Gasteiger partial charge >= 0.3 is 0 Å². The highest BCUT2D eigenvalue weighted by Gasteiger charge is 2.30. The van der Waals surface area contributed by atoms with Crippen LogP contribution < -0.4 is 9.46 Å². The quantitative estimate of drug-likeness (QED) is 0.863. The van der Waals surface area contributed by atoms with Crippen LogP contribution in [0.2, 0.25) is 5.02 Å². The van der Waals surface area contributed by atoms with Crippen molar-refractivity contribution in [3.63, 3.8) is 0 Å². The average Bonchev–Trinajstić information content (AvgIpc) is 2.44. The van der Waals surface area contributed by atoms with E-state index in [4.69, 9.17) is 16.3 Å². The molecule has 0 aliphatic carbocycles. The lowest BCUT2D eigenvalue weighted by Gasteiger charge is -2.26. The van der Waals surface area contributed by atoms with E-state index in [9.17, 15) is 4.55 Å². The molecule has 2 aromatic rings. The van der Waals surface area contributed by atoms with Gasteiger partial charge in [-0.2, -0.15) is 0 Å². The van der Waals surface area contributed by atoms with Crippen molar-refractivity contribution in [3.05, 3.63) is 28.9 Å². The largest absolute Gasteiger partial charge is 0.598 e. The van der Waals surface area contributed by atoms with Crippen LogP contribution in [0, 0.1) is 0 Å². The van der Waals surface area contributed by atoms with Gasteiger partial charge in [-0.05, 0) is 45.9 Å². The Balaban J connectivity index is 2.40. The number of halogens is 1. The van der Waals surface area contributed by atoms with E-state index in [1.807, 2.05) is 27.7 Å². The summed E-state index contributed by atoms with van der Waals surface area (Å²) in [4.78, 5) is 9.02. The predicted molar refractivity (Wildman–Crippen MR) is 90.5 cm³/mol. The van der Waals surface area contributed by atoms with Crippen LogP contribution in [0.15, 0.2) is 18.2 Å². The molecule has 0 aliphatic heterocycles. The van der Waals surface area contributed by atoms with E-state index in [1.165, 1.54) is 0 Å². The molecular formula is C15H20ClN3O2S. The average molecular weight is 342 g/mol. The molecule has 0 aliphatic rings. The molecule has 7 heteroatoms. The summed E-state index contributed by atoms with van der Waals surface area (Å²) in [6.45, 7) is 7.61. The fourth-order valence-corrected chi connectivity index (χ4v) is 2.80. The molecule has 1 N–H and O–H groups in total. The molecule has 5 nitrogen and oxygen atoms in total. The fraction of sp³-hybridized carbons (Fsp3) is 0.467. The minimum Gasteiger partial charge on any atom is -0.598 e. The summed E-state index contributed by atoms with van der Waals surface area (Å²) < 4.78 is 20.3. The van der Waals surface area contributed by atoms with Crippen LogP contribution in [0.3, 0.4) is 0 Å². The summed E-state index contributed by atoms with van der Waals surface area (Å²) in [6, 6.07) is 5.03. The Labute approximate surface area is 138 Å². The maximum atomic E-state index is 12.3. The first-order valence-electron chi connectivity index (χ1n) is 6.91. The van der Waals surface area contributed by atoms with Gasteiger partial charge in [-0.1, -0.05) is 11.6 Å². The summed E-state index contributed by atoms with van der Waals surface area (Å²) >= 11 is 4.79. The molecule has 1 unspecified atom stereocenters. The number of fused-ring (bicyclic) bond motifs is 1. The third-order valence-electron chi connectivity index (χ3n) is 3.06. The molecule has 1 aromatic carbocycles. The minimum atomic E-state index is -1.22. The van der Waals surface area contributed by atoms with Crippen molar-refractivity contribution >= 4 is 34.0 Å². The molecule has 0 spiro atoms. The normalized spacial score (nSPS) is 14.9. The van der Waals surface area contributed by atoms with Crippen molar-refractivity contribution in [3.8, 4) is 5.88 Å². The third kappa shape index (κ3) is 3.81.